The van der Waals surface area contributed by atoms with Gasteiger partial charge in [-0.2, -0.15) is 0 Å². The number of hydrogen-bond donors (Lipinski definition) is 3. The minimum Gasteiger partial charge on any atom is -0.324 e. The molecule has 2 aromatic rings. The molecule has 4 N–H and O–H groups in total. The van der Waals surface area contributed by atoms with Crippen molar-refractivity contribution >= 4 is 39.7 Å². The fourth-order valence-electron chi connectivity index (χ4n) is 3.37. The average Bonchev–Trinajstić information content (AvgIpc) is 3.04. The van der Waals surface area contributed by atoms with Gasteiger partial charge < -0.3 is 11.1 Å². The van der Waals surface area contributed by atoms with Gasteiger partial charge in [0.05, 0.1) is 10.4 Å². The largest absolute Gasteiger partial charge is 0.324 e. The van der Waals surface area contributed by atoms with Gasteiger partial charge in [0.25, 0.3) is 10.0 Å². The Bertz CT molecular complexity index is 970. The molecular formula is C20H26ClN3O3S. The van der Waals surface area contributed by atoms with Crippen LogP contribution in [0.3, 0.4) is 0 Å². The van der Waals surface area contributed by atoms with Gasteiger partial charge in [-0.15, -0.1) is 12.4 Å². The summed E-state index contributed by atoms with van der Waals surface area (Å²) in [6.07, 6.45) is 3.14. The van der Waals surface area contributed by atoms with E-state index in [1.165, 1.54) is 6.07 Å². The second-order valence-corrected chi connectivity index (χ2v) is 8.92. The number of sulfonamides is 1. The molecule has 0 radical (unpaired) electrons. The first-order valence-corrected chi connectivity index (χ1v) is 10.5. The van der Waals surface area contributed by atoms with Crippen molar-refractivity contribution in [3.8, 4) is 0 Å². The number of halogens is 1. The summed E-state index contributed by atoms with van der Waals surface area (Å²) in [5.74, 6) is -0.265. The number of hydrogen-bond acceptors (Lipinski definition) is 4. The quantitative estimate of drug-likeness (QED) is 0.681. The highest BCUT2D eigenvalue weighted by Gasteiger charge is 2.37. The van der Waals surface area contributed by atoms with Crippen LogP contribution in [0, 0.1) is 13.8 Å². The lowest BCUT2D eigenvalue weighted by Crippen LogP contribution is -2.48. The Morgan fingerprint density at radius 3 is 2.36 bits per heavy atom. The summed E-state index contributed by atoms with van der Waals surface area (Å²) >= 11 is 0. The van der Waals surface area contributed by atoms with Crippen molar-refractivity contribution < 1.29 is 13.2 Å². The normalized spacial score (nSPS) is 15.5. The lowest BCUT2D eigenvalue weighted by molar-refractivity contribution is -0.121. The molecule has 6 nitrogen and oxygen atoms in total. The molecule has 1 aliphatic rings. The van der Waals surface area contributed by atoms with E-state index in [4.69, 9.17) is 5.73 Å². The fourth-order valence-corrected chi connectivity index (χ4v) is 4.70. The Labute approximate surface area is 172 Å². The predicted octanol–water partition coefficient (Wildman–Crippen LogP) is 3.74. The first-order valence-electron chi connectivity index (χ1n) is 9.00. The van der Waals surface area contributed by atoms with E-state index in [1.54, 1.807) is 37.3 Å². The van der Waals surface area contributed by atoms with Crippen LogP contribution in [0.1, 0.15) is 36.8 Å². The Hall–Kier alpha value is -2.09. The molecule has 152 valence electrons. The van der Waals surface area contributed by atoms with E-state index in [9.17, 15) is 13.2 Å². The summed E-state index contributed by atoms with van der Waals surface area (Å²) in [5, 5.41) is 2.78. The summed E-state index contributed by atoms with van der Waals surface area (Å²) in [5.41, 5.74) is 7.78. The van der Waals surface area contributed by atoms with Crippen LogP contribution in [0.15, 0.2) is 47.4 Å². The van der Waals surface area contributed by atoms with Crippen LogP contribution in [-0.4, -0.2) is 19.9 Å². The smallest absolute Gasteiger partial charge is 0.262 e. The maximum absolute atomic E-state index is 12.8. The van der Waals surface area contributed by atoms with Crippen LogP contribution in [-0.2, 0) is 14.8 Å². The van der Waals surface area contributed by atoms with Gasteiger partial charge in [0, 0.05) is 11.4 Å². The fraction of sp³-hybridized carbons (Fsp3) is 0.350. The van der Waals surface area contributed by atoms with E-state index >= 15 is 0 Å². The minimum absolute atomic E-state index is 0. The third-order valence-corrected chi connectivity index (χ3v) is 6.48. The zero-order valence-electron chi connectivity index (χ0n) is 16.0. The van der Waals surface area contributed by atoms with Gasteiger partial charge in [0.1, 0.15) is 0 Å². The van der Waals surface area contributed by atoms with E-state index in [0.29, 0.717) is 29.8 Å². The Morgan fingerprint density at radius 2 is 1.71 bits per heavy atom. The zero-order valence-corrected chi connectivity index (χ0v) is 17.6. The maximum Gasteiger partial charge on any atom is 0.262 e. The molecular weight excluding hydrogens is 398 g/mol. The van der Waals surface area contributed by atoms with E-state index < -0.39 is 15.6 Å². The zero-order chi connectivity index (χ0) is 19.7. The van der Waals surface area contributed by atoms with Crippen LogP contribution in [0.25, 0.3) is 0 Å². The van der Waals surface area contributed by atoms with Gasteiger partial charge >= 0.3 is 0 Å². The van der Waals surface area contributed by atoms with Gasteiger partial charge in [-0.25, -0.2) is 8.42 Å². The second-order valence-electron chi connectivity index (χ2n) is 7.27. The number of nitrogens with one attached hydrogen (secondary N) is 2. The van der Waals surface area contributed by atoms with Gasteiger partial charge in [-0.1, -0.05) is 31.0 Å². The summed E-state index contributed by atoms with van der Waals surface area (Å²) in [4.78, 5) is 12.6. The van der Waals surface area contributed by atoms with Gasteiger partial charge in [-0.3, -0.25) is 9.52 Å². The first-order chi connectivity index (χ1) is 12.7. The van der Waals surface area contributed by atoms with E-state index in [-0.39, 0.29) is 23.2 Å². The summed E-state index contributed by atoms with van der Waals surface area (Å²) in [6.45, 7) is 3.61. The standard InChI is InChI=1S/C20H25N3O3S.ClH/c1-14-6-5-7-17(12-14)23-27(25,26)18-13-16(9-8-15(18)2)22-19(24)20(21)10-3-4-11-20;/h5-9,12-13,23H,3-4,10-11,21H2,1-2H3,(H,22,24);1H. The molecule has 3 rings (SSSR count). The molecule has 0 unspecified atom stereocenters. The summed E-state index contributed by atoms with van der Waals surface area (Å²) in [7, 11) is -3.79. The highest BCUT2D eigenvalue weighted by atomic mass is 35.5. The topological polar surface area (TPSA) is 101 Å². The predicted molar refractivity (Wildman–Crippen MR) is 114 cm³/mol. The van der Waals surface area contributed by atoms with Crippen molar-refractivity contribution in [3.05, 3.63) is 53.6 Å². The molecule has 0 saturated heterocycles. The van der Waals surface area contributed by atoms with Crippen LogP contribution < -0.4 is 15.8 Å². The molecule has 0 spiro atoms. The molecule has 0 bridgehead atoms. The molecule has 28 heavy (non-hydrogen) atoms. The number of benzene rings is 2. The summed E-state index contributed by atoms with van der Waals surface area (Å²) < 4.78 is 28.3. The van der Waals surface area contributed by atoms with Crippen LogP contribution in [0.2, 0.25) is 0 Å². The molecule has 8 heteroatoms. The SMILES string of the molecule is Cc1cccc(NS(=O)(=O)c2cc(NC(=O)C3(N)CCCC3)ccc2C)c1.Cl. The molecule has 1 saturated carbocycles. The van der Waals surface area contributed by atoms with Crippen molar-refractivity contribution in [2.75, 3.05) is 10.0 Å². The molecule has 2 aromatic carbocycles. The Kier molecular flexibility index (Phi) is 6.75. The Morgan fingerprint density at radius 1 is 1.04 bits per heavy atom. The van der Waals surface area contributed by atoms with E-state index in [0.717, 1.165) is 18.4 Å². The van der Waals surface area contributed by atoms with Gasteiger partial charge in [0.2, 0.25) is 5.91 Å². The number of carbonyl (C=O) groups excluding carboxylic acids is 1. The van der Waals surface area contributed by atoms with Gasteiger partial charge in [0.15, 0.2) is 0 Å². The van der Waals surface area contributed by atoms with Crippen LogP contribution in [0.5, 0.6) is 0 Å². The van der Waals surface area contributed by atoms with E-state index in [2.05, 4.69) is 10.0 Å². The van der Waals surface area contributed by atoms with Crippen LogP contribution >= 0.6 is 12.4 Å². The number of aryl methyl sites for hydroxylation is 2. The maximum atomic E-state index is 12.8. The second kappa shape index (κ2) is 8.51. The molecule has 0 heterocycles. The molecule has 1 amide bonds. The molecule has 0 aliphatic heterocycles. The molecule has 1 fully saturated rings. The molecule has 1 aliphatic carbocycles. The number of nitrogens with two attached hydrogens (primary N) is 1. The lowest BCUT2D eigenvalue weighted by Gasteiger charge is -2.22. The Balaban J connectivity index is 0.00000280. The van der Waals surface area contributed by atoms with Crippen molar-refractivity contribution in [2.45, 2.75) is 50.0 Å². The monoisotopic (exact) mass is 423 g/mol. The van der Waals surface area contributed by atoms with Gasteiger partial charge in [-0.05, 0) is 62.1 Å². The number of anilines is 2. The highest BCUT2D eigenvalue weighted by Crippen LogP contribution is 2.29. The molecule has 0 aromatic heterocycles. The minimum atomic E-state index is -3.79. The third kappa shape index (κ3) is 4.84. The summed E-state index contributed by atoms with van der Waals surface area (Å²) in [6, 6.07) is 12.0. The molecule has 0 atom stereocenters. The average molecular weight is 424 g/mol. The highest BCUT2D eigenvalue weighted by molar-refractivity contribution is 7.92. The van der Waals surface area contributed by atoms with Crippen LogP contribution in [0.4, 0.5) is 11.4 Å². The first kappa shape index (κ1) is 22.2. The van der Waals surface area contributed by atoms with Crippen molar-refractivity contribution in [3.63, 3.8) is 0 Å². The van der Waals surface area contributed by atoms with E-state index in [1.807, 2.05) is 13.0 Å². The third-order valence-electron chi connectivity index (χ3n) is 4.95. The lowest BCUT2D eigenvalue weighted by atomic mass is 9.98. The van der Waals surface area contributed by atoms with Crippen molar-refractivity contribution in [1.82, 2.24) is 0 Å². The number of carbonyl (C=O) groups is 1. The number of rotatable bonds is 5. The van der Waals surface area contributed by atoms with Crippen molar-refractivity contribution in [2.24, 2.45) is 5.73 Å². The number of amides is 1. The van der Waals surface area contributed by atoms with Crippen molar-refractivity contribution in [1.29, 1.82) is 0 Å².